The van der Waals surface area contributed by atoms with Gasteiger partial charge in [-0.25, -0.2) is 59.0 Å². The Kier molecular flexibility index (Phi) is 27.8. The molecule has 498 valence electrons. The number of nitrogens with one attached hydrogen (secondary N) is 2. The Morgan fingerprint density at radius 1 is 0.578 bits per heavy atom. The van der Waals surface area contributed by atoms with Gasteiger partial charge in [-0.2, -0.15) is 17.3 Å². The van der Waals surface area contributed by atoms with Gasteiger partial charge >= 0.3 is 0 Å². The first-order valence-corrected chi connectivity index (χ1v) is 36.6. The van der Waals surface area contributed by atoms with Crippen molar-refractivity contribution in [2.45, 2.75) is 116 Å². The van der Waals surface area contributed by atoms with Gasteiger partial charge in [-0.1, -0.05) is 34.8 Å². The van der Waals surface area contributed by atoms with E-state index in [1.807, 2.05) is 73.9 Å². The average molecular weight is 1600 g/mol. The maximum absolute atomic E-state index is 14.9. The number of imidazole rings is 2. The van der Waals surface area contributed by atoms with E-state index in [0.29, 0.717) is 103 Å². The summed E-state index contributed by atoms with van der Waals surface area (Å²) in [4.78, 5) is 20.4. The molecule has 0 amide bonds. The first-order valence-electron chi connectivity index (χ1n) is 27.8. The number of benzene rings is 2. The van der Waals surface area contributed by atoms with Gasteiger partial charge in [-0.15, -0.1) is 0 Å². The molecule has 33 heteroatoms. The number of nitrogens with zero attached hydrogens (tertiary/aromatic N) is 10. The maximum atomic E-state index is 14.9. The zero-order chi connectivity index (χ0) is 66.4. The lowest BCUT2D eigenvalue weighted by Crippen LogP contribution is -2.51. The predicted molar refractivity (Wildman–Crippen MR) is 367 cm³/mol. The summed E-state index contributed by atoms with van der Waals surface area (Å²) in [5, 5.41) is 37.5. The summed E-state index contributed by atoms with van der Waals surface area (Å²) in [5.74, 6) is 1.52. The van der Waals surface area contributed by atoms with Crippen LogP contribution in [0.2, 0.25) is 15.1 Å². The summed E-state index contributed by atoms with van der Waals surface area (Å²) in [5.41, 5.74) is 9.99. The van der Waals surface area contributed by atoms with Crippen molar-refractivity contribution in [3.63, 3.8) is 0 Å². The van der Waals surface area contributed by atoms with Crippen LogP contribution in [-0.4, -0.2) is 182 Å². The van der Waals surface area contributed by atoms with Gasteiger partial charge < -0.3 is 48.2 Å². The van der Waals surface area contributed by atoms with Crippen molar-refractivity contribution in [2.24, 2.45) is 5.73 Å². The van der Waals surface area contributed by atoms with E-state index in [0.717, 1.165) is 45.1 Å². The van der Waals surface area contributed by atoms with E-state index in [1.54, 1.807) is 18.3 Å². The molecule has 3 aliphatic rings. The Labute approximate surface area is 567 Å². The number of nitrogens with two attached hydrogens (primary N) is 1. The predicted octanol–water partition coefficient (Wildman–Crippen LogP) is 9.38. The van der Waals surface area contributed by atoms with E-state index in [1.165, 1.54) is 43.5 Å². The SMILES string of the molecule is CS(=O)(=O)N1CC[C@H](N)[C@@H](O)C1.CS(=O)(=O)N1CC[C@H](Nc2cc(I)c(Cl)cn2)[C@@H](O)C1.Cc1cc(F)c2nc(C)n(C(C)C)c2c1.Cc1nc2c(F)cc(-c3cc(N[C@@H]4CCN(S(C)(=O)=O)C[C@H]4O)ncc3Cl)cc2n1C(C)C.Fc1cc(I)c(Cl)cn1.[CH3-]. The molecule has 3 saturated heterocycles. The number of pyridine rings is 3. The van der Waals surface area contributed by atoms with Crippen LogP contribution in [0.3, 0.4) is 0 Å². The number of aliphatic hydroxyl groups is 3. The maximum Gasteiger partial charge on any atom is 0.213 e. The van der Waals surface area contributed by atoms with Crippen LogP contribution in [0.4, 0.5) is 24.8 Å². The molecule has 7 aromatic rings. The standard InChI is InChI=1S/C22H27ClFN5O3S.C12H15FN2.C11H15ClIN3O3S.C6H14N2O3S.C5H2ClFIN.CH3/c1-12(2)29-13(3)26-22-17(24)7-14(8-19(22)29)15-9-21(25-10-16(15)23)27-18-5-6-28(11-20(18)30)33(4,31)32;1-7(2)15-9(4)14-12-10(13)5-8(3)6-11(12)15;1-20(18,19)16-3-2-9(10(17)6-16)15-11-4-8(13)7(12)5-14-11;1-12(10,11)8-3-2-5(7)6(9)4-8;6-3-2-9-5(7)1-4(3)8;/h7-10,12,18,20,30H,5-6,11H2,1-4H3,(H,25,27);5-7H,1-4H3;4-5,9-10,17H,2-3,6H2,1H3,(H,14,15);5-6,9H,2-4,7H2,1H3;1-2H;1H3/q;;;;;-1/t18-,20-;;9-,10-;5-,6-;;/m1.00../s1. The highest BCUT2D eigenvalue weighted by Crippen LogP contribution is 2.35. The van der Waals surface area contributed by atoms with Crippen molar-refractivity contribution in [1.82, 2.24) is 47.0 Å². The third-order valence-electron chi connectivity index (χ3n) is 14.5. The number of rotatable bonds is 10. The highest BCUT2D eigenvalue weighted by Gasteiger charge is 2.34. The third kappa shape index (κ3) is 20.6. The molecule has 8 heterocycles. The van der Waals surface area contributed by atoms with Crippen LogP contribution in [0.1, 0.15) is 76.3 Å². The molecule has 0 radical (unpaired) electrons. The minimum atomic E-state index is -3.36. The highest BCUT2D eigenvalue weighted by atomic mass is 127. The van der Waals surface area contributed by atoms with Gasteiger partial charge in [0.05, 0.1) is 75.3 Å². The van der Waals surface area contributed by atoms with Crippen LogP contribution in [-0.2, 0) is 30.1 Å². The number of halogens is 8. The molecule has 0 unspecified atom stereocenters. The Morgan fingerprint density at radius 3 is 1.39 bits per heavy atom. The Hall–Kier alpha value is -3.88. The van der Waals surface area contributed by atoms with Crippen molar-refractivity contribution in [1.29, 1.82) is 0 Å². The third-order valence-corrected chi connectivity index (χ3v) is 21.7. The molecule has 90 heavy (non-hydrogen) atoms. The summed E-state index contributed by atoms with van der Waals surface area (Å²) in [7, 11) is -9.78. The van der Waals surface area contributed by atoms with Crippen LogP contribution < -0.4 is 16.4 Å². The number of β-amino-alcohol motifs (C(OH)–C–C–N with tert-alkyl or cyclic N) is 3. The van der Waals surface area contributed by atoms with E-state index in [9.17, 15) is 53.7 Å². The molecular weight excluding hydrogens is 1520 g/mol. The van der Waals surface area contributed by atoms with Gasteiger partial charge in [0.1, 0.15) is 34.3 Å². The number of aromatic nitrogens is 7. The molecule has 0 bridgehead atoms. The van der Waals surface area contributed by atoms with E-state index in [4.69, 9.17) is 40.5 Å². The minimum absolute atomic E-state index is 0. The summed E-state index contributed by atoms with van der Waals surface area (Å²) < 4.78 is 119. The highest BCUT2D eigenvalue weighted by molar-refractivity contribution is 14.1. The topological polar surface area (TPSA) is 297 Å². The van der Waals surface area contributed by atoms with Crippen LogP contribution in [0, 0.1) is 52.9 Å². The number of sulfonamides is 3. The fraction of sp³-hybridized carbons (Fsp3) is 0.474. The monoisotopic (exact) mass is 1600 g/mol. The summed E-state index contributed by atoms with van der Waals surface area (Å²) in [6.45, 7) is 15.2. The number of aryl methyl sites for hydroxylation is 3. The molecule has 5 aromatic heterocycles. The normalized spacial score (nSPS) is 20.2. The number of piperidine rings is 3. The van der Waals surface area contributed by atoms with E-state index < -0.39 is 60.1 Å². The molecule has 3 fully saturated rings. The van der Waals surface area contributed by atoms with E-state index in [-0.39, 0.29) is 57.0 Å². The van der Waals surface area contributed by atoms with Crippen molar-refractivity contribution in [3.05, 3.63) is 125 Å². The molecule has 0 spiro atoms. The Balaban J connectivity index is 0.000000221. The zero-order valence-electron chi connectivity index (χ0n) is 51.3. The molecule has 0 aliphatic carbocycles. The van der Waals surface area contributed by atoms with Crippen LogP contribution in [0.25, 0.3) is 33.2 Å². The molecule has 0 saturated carbocycles. The number of hydrogen-bond acceptors (Lipinski definition) is 17. The molecule has 6 atom stereocenters. The smallest absolute Gasteiger partial charge is 0.213 e. The van der Waals surface area contributed by atoms with Gasteiger partial charge in [-0.05, 0) is 160 Å². The second kappa shape index (κ2) is 32.5. The van der Waals surface area contributed by atoms with E-state index >= 15 is 0 Å². The van der Waals surface area contributed by atoms with Crippen molar-refractivity contribution in [3.8, 4) is 11.1 Å². The summed E-state index contributed by atoms with van der Waals surface area (Å²) in [6.07, 6.45) is 6.79. The molecule has 7 N–H and O–H groups in total. The molecule has 3 aliphatic heterocycles. The van der Waals surface area contributed by atoms with Crippen molar-refractivity contribution >= 4 is 144 Å². The zero-order valence-corrected chi connectivity index (χ0v) is 60.4. The first-order chi connectivity index (χ1) is 41.3. The van der Waals surface area contributed by atoms with Crippen LogP contribution >= 0.6 is 80.0 Å². The molecular formula is C57H76Cl3F3I2N13O9S3-. The van der Waals surface area contributed by atoms with Crippen molar-refractivity contribution in [2.75, 3.05) is 68.7 Å². The first kappa shape index (κ1) is 76.8. The number of aliphatic hydroxyl groups excluding tert-OH is 3. The van der Waals surface area contributed by atoms with Gasteiger partial charge in [0.15, 0.2) is 11.6 Å². The lowest BCUT2D eigenvalue weighted by Gasteiger charge is -2.35. The van der Waals surface area contributed by atoms with Crippen molar-refractivity contribution < 1.29 is 53.7 Å². The van der Waals surface area contributed by atoms with Crippen LogP contribution in [0.15, 0.2) is 61.1 Å². The number of hydrogen-bond donors (Lipinski definition) is 6. The van der Waals surface area contributed by atoms with E-state index in [2.05, 4.69) is 76.6 Å². The lowest BCUT2D eigenvalue weighted by atomic mass is 10.0. The Bertz CT molecular complexity index is 4000. The fourth-order valence-electron chi connectivity index (χ4n) is 10.1. The number of anilines is 2. The molecule has 10 rings (SSSR count). The second-order valence-electron chi connectivity index (χ2n) is 22.2. The summed E-state index contributed by atoms with van der Waals surface area (Å²) >= 11 is 21.9. The van der Waals surface area contributed by atoms with Gasteiger partial charge in [-0.3, -0.25) is 0 Å². The van der Waals surface area contributed by atoms with Gasteiger partial charge in [0.2, 0.25) is 36.0 Å². The molecule has 2 aromatic carbocycles. The Morgan fingerprint density at radius 2 is 0.978 bits per heavy atom. The minimum Gasteiger partial charge on any atom is -0.390 e. The average Bonchev–Trinajstić information content (AvgIpc) is 1.62. The quantitative estimate of drug-likeness (QED) is 0.0422. The fourth-order valence-corrected chi connectivity index (χ4v) is 13.9. The lowest BCUT2D eigenvalue weighted by molar-refractivity contribution is 0.0880. The van der Waals surface area contributed by atoms with Gasteiger partial charge in [0.25, 0.3) is 0 Å². The van der Waals surface area contributed by atoms with Crippen LogP contribution in [0.5, 0.6) is 0 Å². The second-order valence-corrected chi connectivity index (χ2v) is 31.7. The molecule has 22 nitrogen and oxygen atoms in total. The van der Waals surface area contributed by atoms with Gasteiger partial charge in [0, 0.05) is 94.8 Å². The largest absolute Gasteiger partial charge is 0.390 e. The number of fused-ring (bicyclic) bond motifs is 2. The summed E-state index contributed by atoms with van der Waals surface area (Å²) in [6, 6.07) is 11.1.